The van der Waals surface area contributed by atoms with Gasteiger partial charge in [0.1, 0.15) is 5.75 Å². The summed E-state index contributed by atoms with van der Waals surface area (Å²) in [5.41, 5.74) is 1.75. The van der Waals surface area contributed by atoms with Crippen LogP contribution in [0.1, 0.15) is 64.5 Å². The molecule has 0 aromatic heterocycles. The fraction of sp³-hybridized carbons (Fsp3) is 0.545. The van der Waals surface area contributed by atoms with E-state index in [4.69, 9.17) is 9.47 Å². The predicted molar refractivity (Wildman–Crippen MR) is 109 cm³/mol. The minimum absolute atomic E-state index is 0.0331. The smallest absolute Gasteiger partial charge is 0.337 e. The van der Waals surface area contributed by atoms with Crippen molar-refractivity contribution in [3.05, 3.63) is 41.1 Å². The van der Waals surface area contributed by atoms with Crippen molar-refractivity contribution in [2.45, 2.75) is 58.9 Å². The lowest BCUT2D eigenvalue weighted by atomic mass is 9.91. The van der Waals surface area contributed by atoms with Crippen molar-refractivity contribution in [2.24, 2.45) is 5.92 Å². The molecular formula is C22H32N2O4. The van der Waals surface area contributed by atoms with Crippen LogP contribution in [0.5, 0.6) is 5.75 Å². The van der Waals surface area contributed by atoms with Crippen LogP contribution in [0, 0.1) is 5.92 Å². The second-order valence-electron chi connectivity index (χ2n) is 7.31. The third kappa shape index (κ3) is 5.50. The summed E-state index contributed by atoms with van der Waals surface area (Å²) >= 11 is 0. The molecule has 0 aliphatic carbocycles. The summed E-state index contributed by atoms with van der Waals surface area (Å²) in [5, 5.41) is 5.61. The van der Waals surface area contributed by atoms with Crippen LogP contribution in [0.4, 0.5) is 4.79 Å². The summed E-state index contributed by atoms with van der Waals surface area (Å²) in [6.07, 6.45) is 5.76. The number of carbonyl (C=O) groups is 2. The highest BCUT2D eigenvalue weighted by Gasteiger charge is 2.35. The maximum Gasteiger partial charge on any atom is 0.337 e. The van der Waals surface area contributed by atoms with Crippen LogP contribution in [-0.2, 0) is 9.53 Å². The Kier molecular flexibility index (Phi) is 8.36. The van der Waals surface area contributed by atoms with Gasteiger partial charge in [-0.1, -0.05) is 64.7 Å². The summed E-state index contributed by atoms with van der Waals surface area (Å²) in [6.45, 7) is 6.66. The Morgan fingerprint density at radius 2 is 1.86 bits per heavy atom. The summed E-state index contributed by atoms with van der Waals surface area (Å²) in [4.78, 5) is 24.8. The number of unbranched alkanes of at least 4 members (excludes halogenated alkanes) is 4. The Morgan fingerprint density at radius 1 is 1.14 bits per heavy atom. The lowest BCUT2D eigenvalue weighted by Crippen LogP contribution is -2.47. The molecule has 0 radical (unpaired) electrons. The molecule has 2 amide bonds. The number of methoxy groups -OCH3 is 1. The number of carbonyl (C=O) groups excluding carboxylic acids is 2. The lowest BCUT2D eigenvalue weighted by Gasteiger charge is -2.31. The number of hydrogen-bond acceptors (Lipinski definition) is 4. The van der Waals surface area contributed by atoms with Gasteiger partial charge in [-0.2, -0.15) is 0 Å². The number of urea groups is 1. The van der Waals surface area contributed by atoms with Crippen LogP contribution in [0.2, 0.25) is 0 Å². The monoisotopic (exact) mass is 388 g/mol. The van der Waals surface area contributed by atoms with Gasteiger partial charge in [0.2, 0.25) is 0 Å². The highest BCUT2D eigenvalue weighted by molar-refractivity contribution is 5.95. The zero-order chi connectivity index (χ0) is 20.5. The molecule has 1 atom stereocenters. The molecule has 0 fully saturated rings. The standard InChI is InChI=1S/C22H32N2O4/c1-5-6-7-8-11-14-28-17-13-10-9-12-16(17)20-18(21(25)27-4)19(15(2)3)23-22(26)24-20/h9-10,12-13,15,20H,5-8,11,14H2,1-4H3,(H2,23,24,26). The molecule has 6 nitrogen and oxygen atoms in total. The zero-order valence-corrected chi connectivity index (χ0v) is 17.3. The molecule has 1 unspecified atom stereocenters. The van der Waals surface area contributed by atoms with Crippen molar-refractivity contribution in [1.82, 2.24) is 10.6 Å². The molecule has 1 aliphatic heterocycles. The van der Waals surface area contributed by atoms with Crippen LogP contribution in [0.15, 0.2) is 35.5 Å². The number of ether oxygens (including phenoxy) is 2. The van der Waals surface area contributed by atoms with E-state index in [-0.39, 0.29) is 11.9 Å². The maximum atomic E-state index is 12.5. The van der Waals surface area contributed by atoms with Gasteiger partial charge >= 0.3 is 12.0 Å². The molecule has 0 bridgehead atoms. The molecule has 2 rings (SSSR count). The molecule has 1 aromatic carbocycles. The predicted octanol–water partition coefficient (Wildman–Crippen LogP) is 4.47. The van der Waals surface area contributed by atoms with E-state index in [1.807, 2.05) is 38.1 Å². The molecule has 0 saturated carbocycles. The van der Waals surface area contributed by atoms with E-state index >= 15 is 0 Å². The summed E-state index contributed by atoms with van der Waals surface area (Å²) in [6, 6.07) is 6.57. The SMILES string of the molecule is CCCCCCCOc1ccccc1C1NC(=O)NC(C(C)C)=C1C(=O)OC. The van der Waals surface area contributed by atoms with Crippen molar-refractivity contribution in [3.63, 3.8) is 0 Å². The van der Waals surface area contributed by atoms with Gasteiger partial charge in [-0.25, -0.2) is 9.59 Å². The molecule has 1 aromatic rings. The average Bonchev–Trinajstić information content (AvgIpc) is 2.69. The van der Waals surface area contributed by atoms with Gasteiger partial charge in [0.05, 0.1) is 25.3 Å². The van der Waals surface area contributed by atoms with Gasteiger partial charge in [-0.15, -0.1) is 0 Å². The lowest BCUT2D eigenvalue weighted by molar-refractivity contribution is -0.136. The molecule has 0 spiro atoms. The van der Waals surface area contributed by atoms with E-state index in [9.17, 15) is 9.59 Å². The summed E-state index contributed by atoms with van der Waals surface area (Å²) in [7, 11) is 1.35. The second-order valence-corrected chi connectivity index (χ2v) is 7.31. The number of nitrogens with one attached hydrogen (secondary N) is 2. The maximum absolute atomic E-state index is 12.5. The zero-order valence-electron chi connectivity index (χ0n) is 17.3. The third-order valence-corrected chi connectivity index (χ3v) is 4.82. The van der Waals surface area contributed by atoms with Crippen LogP contribution >= 0.6 is 0 Å². The highest BCUT2D eigenvalue weighted by atomic mass is 16.5. The molecule has 1 aliphatic rings. The third-order valence-electron chi connectivity index (χ3n) is 4.82. The molecular weight excluding hydrogens is 356 g/mol. The topological polar surface area (TPSA) is 76.7 Å². The van der Waals surface area contributed by atoms with Crippen molar-refractivity contribution < 1.29 is 19.1 Å². The minimum atomic E-state index is -0.616. The largest absolute Gasteiger partial charge is 0.493 e. The first-order chi connectivity index (χ1) is 13.5. The molecule has 2 N–H and O–H groups in total. The second kappa shape index (κ2) is 10.7. The fourth-order valence-electron chi connectivity index (χ4n) is 3.35. The number of hydrogen-bond donors (Lipinski definition) is 2. The Labute approximate surface area is 167 Å². The van der Waals surface area contributed by atoms with Gasteiger partial charge in [0, 0.05) is 11.3 Å². The van der Waals surface area contributed by atoms with E-state index in [1.54, 1.807) is 0 Å². The van der Waals surface area contributed by atoms with Crippen LogP contribution < -0.4 is 15.4 Å². The van der Waals surface area contributed by atoms with Gasteiger partial charge in [-0.05, 0) is 18.4 Å². The number of rotatable bonds is 10. The van der Waals surface area contributed by atoms with Gasteiger partial charge in [0.15, 0.2) is 0 Å². The average molecular weight is 389 g/mol. The van der Waals surface area contributed by atoms with Crippen LogP contribution in [0.3, 0.4) is 0 Å². The summed E-state index contributed by atoms with van der Waals surface area (Å²) in [5.74, 6) is 0.180. The summed E-state index contributed by atoms with van der Waals surface area (Å²) < 4.78 is 11.0. The highest BCUT2D eigenvalue weighted by Crippen LogP contribution is 2.35. The van der Waals surface area contributed by atoms with Crippen molar-refractivity contribution >= 4 is 12.0 Å². The van der Waals surface area contributed by atoms with Crippen LogP contribution in [0.25, 0.3) is 0 Å². The fourth-order valence-corrected chi connectivity index (χ4v) is 3.35. The van der Waals surface area contributed by atoms with Crippen molar-refractivity contribution in [3.8, 4) is 5.75 Å². The van der Waals surface area contributed by atoms with Gasteiger partial charge in [-0.3, -0.25) is 0 Å². The first-order valence-corrected chi connectivity index (χ1v) is 10.1. The number of esters is 1. The number of benzene rings is 1. The van der Waals surface area contributed by atoms with E-state index < -0.39 is 12.0 Å². The molecule has 154 valence electrons. The first kappa shape index (κ1) is 21.8. The molecule has 28 heavy (non-hydrogen) atoms. The first-order valence-electron chi connectivity index (χ1n) is 10.1. The Morgan fingerprint density at radius 3 is 2.54 bits per heavy atom. The van der Waals surface area contributed by atoms with E-state index in [2.05, 4.69) is 17.6 Å². The molecule has 6 heteroatoms. The number of allylic oxidation sites excluding steroid dienone is 1. The minimum Gasteiger partial charge on any atom is -0.493 e. The van der Waals surface area contributed by atoms with Gasteiger partial charge in [0.25, 0.3) is 0 Å². The van der Waals surface area contributed by atoms with Crippen molar-refractivity contribution in [2.75, 3.05) is 13.7 Å². The Balaban J connectivity index is 2.27. The Bertz CT molecular complexity index is 712. The van der Waals surface area contributed by atoms with Crippen molar-refractivity contribution in [1.29, 1.82) is 0 Å². The number of amides is 2. The number of para-hydroxylation sites is 1. The molecule has 1 heterocycles. The normalized spacial score (nSPS) is 16.6. The van der Waals surface area contributed by atoms with E-state index in [0.29, 0.717) is 23.6 Å². The van der Waals surface area contributed by atoms with Gasteiger partial charge < -0.3 is 20.1 Å². The quantitative estimate of drug-likeness (QED) is 0.458. The van der Waals surface area contributed by atoms with E-state index in [0.717, 1.165) is 18.4 Å². The van der Waals surface area contributed by atoms with E-state index in [1.165, 1.54) is 26.4 Å². The Hall–Kier alpha value is -2.50. The molecule has 0 saturated heterocycles. The van der Waals surface area contributed by atoms with Crippen LogP contribution in [-0.4, -0.2) is 25.7 Å².